The van der Waals surface area contributed by atoms with Crippen LogP contribution in [0.5, 0.6) is 0 Å². The summed E-state index contributed by atoms with van der Waals surface area (Å²) in [5, 5.41) is 6.74. The van der Waals surface area contributed by atoms with Crippen molar-refractivity contribution in [3.8, 4) is 11.1 Å². The molecule has 0 fully saturated rings. The zero-order valence-electron chi connectivity index (χ0n) is 18.0. The maximum absolute atomic E-state index is 12.1. The van der Waals surface area contributed by atoms with E-state index >= 15 is 0 Å². The first-order valence-electron chi connectivity index (χ1n) is 10.3. The lowest BCUT2D eigenvalue weighted by Crippen LogP contribution is -2.36. The molecule has 31 heavy (non-hydrogen) atoms. The van der Waals surface area contributed by atoms with Gasteiger partial charge in [0.1, 0.15) is 0 Å². The molecule has 1 atom stereocenters. The molecule has 4 rings (SSSR count). The monoisotopic (exact) mass is 440 g/mol. The molecule has 0 saturated carbocycles. The highest BCUT2D eigenvalue weighted by Crippen LogP contribution is 2.41. The van der Waals surface area contributed by atoms with Crippen molar-refractivity contribution in [2.24, 2.45) is 5.73 Å². The summed E-state index contributed by atoms with van der Waals surface area (Å²) in [5.41, 5.74) is 13.6. The summed E-state index contributed by atoms with van der Waals surface area (Å²) in [4.78, 5) is 12.1. The number of hydrogen-bond donors (Lipinski definition) is 3. The molecule has 164 valence electrons. The van der Waals surface area contributed by atoms with Gasteiger partial charge in [-0.05, 0) is 59.7 Å². The average Bonchev–Trinajstić information content (AvgIpc) is 3.18. The Morgan fingerprint density at radius 2 is 2.00 bits per heavy atom. The van der Waals surface area contributed by atoms with Crippen LogP contribution >= 0.6 is 0 Å². The van der Waals surface area contributed by atoms with Crippen LogP contribution < -0.4 is 16.4 Å². The summed E-state index contributed by atoms with van der Waals surface area (Å²) in [7, 11) is -1.29. The van der Waals surface area contributed by atoms with Gasteiger partial charge in [0.05, 0.1) is 23.5 Å². The van der Waals surface area contributed by atoms with Crippen LogP contribution in [0.25, 0.3) is 11.1 Å². The lowest BCUT2D eigenvalue weighted by atomic mass is 9.90. The maximum atomic E-state index is 12.1. The zero-order chi connectivity index (χ0) is 22.3. The van der Waals surface area contributed by atoms with Gasteiger partial charge in [-0.3, -0.25) is 4.79 Å². The predicted octanol–water partition coefficient (Wildman–Crippen LogP) is 2.73. The fourth-order valence-corrected chi connectivity index (χ4v) is 5.39. The number of nitrogens with one attached hydrogen (secondary N) is 2. The average molecular weight is 441 g/mol. The van der Waals surface area contributed by atoms with Crippen molar-refractivity contribution >= 4 is 27.3 Å². The van der Waals surface area contributed by atoms with E-state index in [4.69, 9.17) is 5.73 Å². The number of hydrogen-bond acceptors (Lipinski definition) is 5. The molecule has 1 amide bonds. The maximum Gasteiger partial charge on any atom is 0.250 e. The lowest BCUT2D eigenvalue weighted by molar-refractivity contribution is 0.100. The van der Waals surface area contributed by atoms with Gasteiger partial charge in [-0.25, -0.2) is 8.42 Å². The zero-order valence-corrected chi connectivity index (χ0v) is 18.8. The quantitative estimate of drug-likeness (QED) is 0.620. The molecular formula is C23H28N4O3S. The first kappa shape index (κ1) is 21.4. The Morgan fingerprint density at radius 1 is 1.23 bits per heavy atom. The molecule has 2 aliphatic heterocycles. The van der Waals surface area contributed by atoms with E-state index in [2.05, 4.69) is 23.6 Å². The van der Waals surface area contributed by atoms with E-state index in [1.165, 1.54) is 10.6 Å². The fraction of sp³-hybridized carbons (Fsp3) is 0.348. The molecule has 2 aromatic carbocycles. The van der Waals surface area contributed by atoms with E-state index in [0.717, 1.165) is 45.6 Å². The van der Waals surface area contributed by atoms with Crippen molar-refractivity contribution in [3.05, 3.63) is 58.7 Å². The summed E-state index contributed by atoms with van der Waals surface area (Å²) < 4.78 is 25.1. The number of primary amides is 1. The van der Waals surface area contributed by atoms with Gasteiger partial charge >= 0.3 is 0 Å². The molecule has 2 heterocycles. The second-order valence-electron chi connectivity index (χ2n) is 8.16. The summed E-state index contributed by atoms with van der Waals surface area (Å²) in [6, 6.07) is 9.93. The number of carbonyl (C=O) groups is 1. The Balaban J connectivity index is 1.73. The number of anilines is 2. The molecule has 1 unspecified atom stereocenters. The van der Waals surface area contributed by atoms with Crippen molar-refractivity contribution in [1.82, 2.24) is 4.31 Å². The van der Waals surface area contributed by atoms with E-state index in [0.29, 0.717) is 25.1 Å². The third-order valence-corrected chi connectivity index (χ3v) is 7.59. The summed E-state index contributed by atoms with van der Waals surface area (Å²) in [6.45, 7) is 2.93. The van der Waals surface area contributed by atoms with Crippen molar-refractivity contribution in [2.45, 2.75) is 25.8 Å². The molecule has 2 aliphatic rings. The van der Waals surface area contributed by atoms with Crippen LogP contribution in [0, 0.1) is 6.92 Å². The highest BCUT2D eigenvalue weighted by atomic mass is 32.2. The van der Waals surface area contributed by atoms with Gasteiger partial charge in [-0.15, -0.1) is 0 Å². The van der Waals surface area contributed by atoms with Crippen LogP contribution in [-0.2, 0) is 16.4 Å². The molecule has 2 aromatic rings. The first-order chi connectivity index (χ1) is 14.7. The second kappa shape index (κ2) is 8.01. The van der Waals surface area contributed by atoms with E-state index in [9.17, 15) is 13.2 Å². The van der Waals surface area contributed by atoms with E-state index in [-0.39, 0.29) is 6.04 Å². The predicted molar refractivity (Wildman–Crippen MR) is 125 cm³/mol. The van der Waals surface area contributed by atoms with Crippen molar-refractivity contribution < 1.29 is 13.2 Å². The summed E-state index contributed by atoms with van der Waals surface area (Å²) in [6.07, 6.45) is 4.61. The molecule has 0 aromatic heterocycles. The Morgan fingerprint density at radius 3 is 2.61 bits per heavy atom. The normalized spacial score (nSPS) is 18.8. The molecule has 0 radical (unpaired) electrons. The minimum atomic E-state index is -3.20. The first-order valence-corrected chi connectivity index (χ1v) is 12.2. The smallest absolute Gasteiger partial charge is 0.250 e. The highest BCUT2D eigenvalue weighted by molar-refractivity contribution is 7.88. The minimum Gasteiger partial charge on any atom is -0.388 e. The number of fused-ring (bicyclic) bond motifs is 1. The number of nitrogens with two attached hydrogens (primary N) is 1. The Bertz CT molecular complexity index is 1190. The fourth-order valence-electron chi connectivity index (χ4n) is 4.62. The van der Waals surface area contributed by atoms with Gasteiger partial charge in [0.2, 0.25) is 10.0 Å². The van der Waals surface area contributed by atoms with Gasteiger partial charge in [-0.2, -0.15) is 4.31 Å². The Kier molecular flexibility index (Phi) is 5.53. The molecular weight excluding hydrogens is 412 g/mol. The summed E-state index contributed by atoms with van der Waals surface area (Å²) >= 11 is 0. The number of carbonyl (C=O) groups excluding carboxylic acids is 1. The lowest BCUT2D eigenvalue weighted by Gasteiger charge is -2.27. The van der Waals surface area contributed by atoms with Gasteiger partial charge in [0.15, 0.2) is 0 Å². The van der Waals surface area contributed by atoms with Crippen LogP contribution in [0.3, 0.4) is 0 Å². The summed E-state index contributed by atoms with van der Waals surface area (Å²) in [5.74, 6) is -0.461. The SMILES string of the molecule is CNc1cccc(-c2ccc(C(N)=O)c3c2CC(C2=CCN(S(C)(=O)=O)CC2)N3)c1C. The van der Waals surface area contributed by atoms with Crippen LogP contribution in [-0.4, -0.2) is 51.1 Å². The minimum absolute atomic E-state index is 0.0174. The third kappa shape index (κ3) is 3.93. The molecule has 0 saturated heterocycles. The standard InChI is InChI=1S/C23H28N4O3S/c1-14-16(5-4-6-20(14)25-2)17-7-8-18(23(24)28)22-19(17)13-21(26-22)15-9-11-27(12-10-15)31(3,29)30/h4-9,21,25-26H,10-13H2,1-3H3,(H2,24,28). The molecule has 4 N–H and O–H groups in total. The second-order valence-corrected chi connectivity index (χ2v) is 10.1. The van der Waals surface area contributed by atoms with Crippen molar-refractivity contribution in [3.63, 3.8) is 0 Å². The van der Waals surface area contributed by atoms with Crippen molar-refractivity contribution in [1.29, 1.82) is 0 Å². The number of amides is 1. The van der Waals surface area contributed by atoms with Gasteiger partial charge in [0.25, 0.3) is 5.91 Å². The van der Waals surface area contributed by atoms with Crippen LogP contribution in [0.4, 0.5) is 11.4 Å². The van der Waals surface area contributed by atoms with Crippen molar-refractivity contribution in [2.75, 3.05) is 37.0 Å². The molecule has 7 nitrogen and oxygen atoms in total. The van der Waals surface area contributed by atoms with Crippen LogP contribution in [0.2, 0.25) is 0 Å². The molecule has 0 aliphatic carbocycles. The van der Waals surface area contributed by atoms with Gasteiger partial charge < -0.3 is 16.4 Å². The van der Waals surface area contributed by atoms with Crippen LogP contribution in [0.15, 0.2) is 42.0 Å². The number of sulfonamides is 1. The van der Waals surface area contributed by atoms with Crippen LogP contribution in [0.1, 0.15) is 27.9 Å². The number of rotatable bonds is 5. The molecule has 0 spiro atoms. The molecule has 0 bridgehead atoms. The van der Waals surface area contributed by atoms with E-state index in [1.54, 1.807) is 6.07 Å². The van der Waals surface area contributed by atoms with Gasteiger partial charge in [-0.1, -0.05) is 24.3 Å². The highest BCUT2D eigenvalue weighted by Gasteiger charge is 2.32. The van der Waals surface area contributed by atoms with E-state index in [1.807, 2.05) is 31.3 Å². The largest absolute Gasteiger partial charge is 0.388 e. The topological polar surface area (TPSA) is 105 Å². The van der Waals surface area contributed by atoms with Gasteiger partial charge in [0, 0.05) is 25.8 Å². The van der Waals surface area contributed by atoms with E-state index < -0.39 is 15.9 Å². The Hall–Kier alpha value is -2.84. The number of nitrogens with zero attached hydrogens (tertiary/aromatic N) is 1. The molecule has 8 heteroatoms. The Labute approximate surface area is 183 Å². The number of benzene rings is 2. The third-order valence-electron chi connectivity index (χ3n) is 6.32.